The van der Waals surface area contributed by atoms with Gasteiger partial charge in [0.25, 0.3) is 0 Å². The van der Waals surface area contributed by atoms with Crippen LogP contribution in [-0.4, -0.2) is 428 Å². The Balaban J connectivity index is 1.15. The number of hydrogen-bond donors (Lipinski definition) is 26. The monoisotopic (exact) mass is 1540 g/mol. The number of aliphatic hydroxyl groups is 21. The molecule has 1 aromatic rings. The molecule has 45 nitrogen and oxygen atoms in total. The van der Waals surface area contributed by atoms with E-state index in [1.54, 1.807) is 12.1 Å². The first kappa shape index (κ1) is 87.0. The number of pyridine rings is 1. The molecule has 39 atom stereocenters. The number of carbonyl (C=O) groups is 4. The summed E-state index contributed by atoms with van der Waals surface area (Å²) >= 11 is 0. The van der Waals surface area contributed by atoms with Crippen molar-refractivity contribution in [1.82, 2.24) is 26.3 Å². The second-order valence-corrected chi connectivity index (χ2v) is 26.6. The van der Waals surface area contributed by atoms with Gasteiger partial charge >= 0.3 is 0 Å². The predicted octanol–water partition coefficient (Wildman–Crippen LogP) is -15.7. The van der Waals surface area contributed by atoms with Crippen molar-refractivity contribution in [1.29, 1.82) is 0 Å². The molecule has 8 heterocycles. The predicted molar refractivity (Wildman–Crippen MR) is 337 cm³/mol. The minimum Gasteiger partial charge on any atom is -0.394 e. The fourth-order valence-corrected chi connectivity index (χ4v) is 13.1. The van der Waals surface area contributed by atoms with Gasteiger partial charge in [0.2, 0.25) is 23.6 Å². The van der Waals surface area contributed by atoms with Crippen LogP contribution in [0.1, 0.15) is 34.6 Å². The summed E-state index contributed by atoms with van der Waals surface area (Å²) in [6, 6.07) is -2.23. The number of amides is 4. The van der Waals surface area contributed by atoms with Gasteiger partial charge in [0.05, 0.1) is 58.4 Å². The highest BCUT2D eigenvalue weighted by Gasteiger charge is 2.59. The molecular formula is C61H100N6O39. The Kier molecular flexibility index (Phi) is 32.1. The highest BCUT2D eigenvalue weighted by molar-refractivity contribution is 5.74. The fraction of sp³-hybridized carbons (Fsp3) is 0.852. The molecule has 4 amide bonds. The molecule has 0 aromatic carbocycles. The summed E-state index contributed by atoms with van der Waals surface area (Å²) in [5, 5.41) is 248. The normalized spacial score (nSPS) is 43.4. The van der Waals surface area contributed by atoms with Gasteiger partial charge in [-0.3, -0.25) is 19.2 Å². The molecule has 7 aliphatic heterocycles. The van der Waals surface area contributed by atoms with Crippen LogP contribution in [0.2, 0.25) is 0 Å². The van der Waals surface area contributed by atoms with Gasteiger partial charge in [-0.25, -0.2) is 4.98 Å². The quantitative estimate of drug-likeness (QED) is 0.0328. The van der Waals surface area contributed by atoms with Crippen LogP contribution < -0.4 is 26.6 Å². The van der Waals surface area contributed by atoms with Gasteiger partial charge in [-0.15, -0.1) is 0 Å². The first-order valence-corrected chi connectivity index (χ1v) is 33.9. The third-order valence-corrected chi connectivity index (χ3v) is 18.8. The first-order valence-electron chi connectivity index (χ1n) is 33.9. The number of nitrogens with one attached hydrogen (secondary N) is 5. The van der Waals surface area contributed by atoms with E-state index in [2.05, 4.69) is 31.6 Å². The van der Waals surface area contributed by atoms with Crippen molar-refractivity contribution >= 4 is 29.4 Å². The van der Waals surface area contributed by atoms with Gasteiger partial charge < -0.3 is 200 Å². The van der Waals surface area contributed by atoms with Crippen LogP contribution in [0, 0.1) is 0 Å². The standard InChI is InChI=1S/C61H100N6O39/c1-18-35(78)45(88)48(91)58(95-18)93-16-24(77)50(36(79)23(64-19(2)73)10-63-31-8-6-7-9-62-31)102-57-34(67-22(5)76)44(87)51(29(15-72)100-57)103-59-49(92)52(104-61-54(47(90)40(83)28(14-71)99-61)106-56-33(66-21(4)75)43(86)38(81)26(12-69)97-56)41(84)30(101-59)17-94-60-53(46(89)39(82)27(13-70)98-60)105-55-32(65-20(3)74)42(85)37(80)25(11-68)96-55/h6-9,18,23-30,32-61,68-72,77-92H,10-17H2,1-5H3,(H,62,63)(H,64,73)(H,65,74)(H,66,75)(H,67,76)/t18-,23-,24+,25+,26+,27+,28+,29+,30+,32+,33+,34+,35+,36+,37+,38+,39+,40+,41+,42+,43+,44+,45+,46-,47-,48-,49-,50+,51+,52-,53-,54-,55-,56-,57-,58+,59-,60-,61+/m0/s1. The third-order valence-electron chi connectivity index (χ3n) is 18.8. The van der Waals surface area contributed by atoms with Gasteiger partial charge in [-0.1, -0.05) is 6.07 Å². The zero-order chi connectivity index (χ0) is 78.0. The molecule has 0 aliphatic carbocycles. The van der Waals surface area contributed by atoms with E-state index in [4.69, 9.17) is 66.3 Å². The van der Waals surface area contributed by atoms with E-state index >= 15 is 0 Å². The van der Waals surface area contributed by atoms with E-state index in [0.717, 1.165) is 27.7 Å². The maximum absolute atomic E-state index is 13.2. The molecule has 26 N–H and O–H groups in total. The van der Waals surface area contributed by atoms with E-state index in [-0.39, 0.29) is 12.4 Å². The van der Waals surface area contributed by atoms with Crippen molar-refractivity contribution < 1.29 is 193 Å². The summed E-state index contributed by atoms with van der Waals surface area (Å²) < 4.78 is 83.4. The van der Waals surface area contributed by atoms with Crippen LogP contribution in [0.15, 0.2) is 24.4 Å². The molecule has 0 radical (unpaired) electrons. The SMILES string of the molecule is CC(=O)N[C@H]1[C@H](O[C@@H]([C@H](O)[C@H](CNc2ccccn2)NC(C)=O)[C@H](O)CO[C@@H]2O[C@@H](C)[C@@H](O)[C@@H](O)[C@@H]2O)O[C@H](CO)[C@@H](O[C@@H]2O[C@H](CO[C@H]3O[C@H](CO)[C@@H](O)[C@H](O)[C@@H]3O[C@@H]3O[C@H](CO)[C@@H](O)[C@H](O)[C@H]3NC(C)=O)[C@@H](O)[C@H](O[C@H]3O[C@H](CO)[C@@H](O)[C@H](O)[C@@H]3O[C@@H]3O[C@H](CO)[C@@H](O)[C@H](O)[C@H]3NC(C)=O)[C@@H]2O)[C@@H]1O. The molecule has 0 spiro atoms. The molecular weight excluding hydrogens is 1440 g/mol. The second kappa shape index (κ2) is 39.1. The van der Waals surface area contributed by atoms with Gasteiger partial charge in [-0.05, 0) is 19.1 Å². The Bertz CT molecular complexity index is 2900. The van der Waals surface area contributed by atoms with E-state index in [9.17, 15) is 126 Å². The minimum atomic E-state index is -2.52. The molecule has 0 unspecified atom stereocenters. The Labute approximate surface area is 603 Å². The molecule has 7 aliphatic rings. The summed E-state index contributed by atoms with van der Waals surface area (Å²) in [4.78, 5) is 55.1. The molecule has 8 rings (SSSR count). The van der Waals surface area contributed by atoms with Crippen molar-refractivity contribution in [2.45, 2.75) is 274 Å². The lowest BCUT2D eigenvalue weighted by atomic mass is 9.94. The average Bonchev–Trinajstić information content (AvgIpc) is 0.776. The number of anilines is 1. The highest BCUT2D eigenvalue weighted by atomic mass is 16.8. The highest BCUT2D eigenvalue weighted by Crippen LogP contribution is 2.38. The van der Waals surface area contributed by atoms with E-state index in [1.165, 1.54) is 19.2 Å². The zero-order valence-corrected chi connectivity index (χ0v) is 57.7. The first-order chi connectivity index (χ1) is 50.2. The van der Waals surface area contributed by atoms with E-state index < -0.39 is 309 Å². The summed E-state index contributed by atoms with van der Waals surface area (Å²) in [6.07, 6.45) is -69.5. The van der Waals surface area contributed by atoms with Crippen molar-refractivity contribution in [2.24, 2.45) is 0 Å². The number of carbonyl (C=O) groups excluding carboxylic acids is 4. The van der Waals surface area contributed by atoms with E-state index in [0.29, 0.717) is 0 Å². The fourth-order valence-electron chi connectivity index (χ4n) is 13.1. The molecule has 106 heavy (non-hydrogen) atoms. The number of nitrogens with zero attached hydrogens (tertiary/aromatic N) is 1. The van der Waals surface area contributed by atoms with Crippen LogP contribution >= 0.6 is 0 Å². The average molecular weight is 1540 g/mol. The number of hydrogen-bond acceptors (Lipinski definition) is 41. The molecule has 7 fully saturated rings. The third kappa shape index (κ3) is 20.6. The van der Waals surface area contributed by atoms with Gasteiger partial charge in [0, 0.05) is 40.4 Å². The van der Waals surface area contributed by atoms with Crippen LogP contribution in [-0.2, 0) is 85.5 Å². The summed E-state index contributed by atoms with van der Waals surface area (Å²) in [5.41, 5.74) is 0. The number of rotatable bonds is 31. The topological polar surface area (TPSA) is 695 Å². The van der Waals surface area contributed by atoms with E-state index in [1.807, 2.05) is 0 Å². The van der Waals surface area contributed by atoms with Crippen LogP contribution in [0.4, 0.5) is 5.82 Å². The van der Waals surface area contributed by atoms with Gasteiger partial charge in [0.1, 0.15) is 189 Å². The van der Waals surface area contributed by atoms with Crippen LogP contribution in [0.25, 0.3) is 0 Å². The van der Waals surface area contributed by atoms with Crippen molar-refractivity contribution in [3.05, 3.63) is 24.4 Å². The maximum Gasteiger partial charge on any atom is 0.217 e. The second-order valence-electron chi connectivity index (χ2n) is 26.6. The molecule has 0 saturated carbocycles. The summed E-state index contributed by atoms with van der Waals surface area (Å²) in [6.45, 7) is -2.49. The summed E-state index contributed by atoms with van der Waals surface area (Å²) in [7, 11) is 0. The van der Waals surface area contributed by atoms with Gasteiger partial charge in [-0.2, -0.15) is 0 Å². The molecule has 608 valence electrons. The lowest BCUT2D eigenvalue weighted by molar-refractivity contribution is -0.395. The van der Waals surface area contributed by atoms with Gasteiger partial charge in [0.15, 0.2) is 44.0 Å². The lowest BCUT2D eigenvalue weighted by Gasteiger charge is -2.50. The Morgan fingerprint density at radius 3 is 1.38 bits per heavy atom. The molecule has 1 aromatic heterocycles. The number of aliphatic hydroxyl groups excluding tert-OH is 21. The van der Waals surface area contributed by atoms with Crippen molar-refractivity contribution in [2.75, 3.05) is 58.1 Å². The lowest BCUT2D eigenvalue weighted by Crippen LogP contribution is -2.70. The molecule has 45 heteroatoms. The van der Waals surface area contributed by atoms with Crippen molar-refractivity contribution in [3.63, 3.8) is 0 Å². The molecule has 7 saturated heterocycles. The maximum atomic E-state index is 13.2. The number of aromatic nitrogens is 1. The summed E-state index contributed by atoms with van der Waals surface area (Å²) in [5.74, 6) is -3.16. The van der Waals surface area contributed by atoms with Crippen LogP contribution in [0.5, 0.6) is 0 Å². The Morgan fingerprint density at radius 1 is 0.434 bits per heavy atom. The largest absolute Gasteiger partial charge is 0.394 e. The Morgan fingerprint density at radius 2 is 0.887 bits per heavy atom. The Hall–Kier alpha value is -4.57. The minimum absolute atomic E-state index is 0.225. The number of ether oxygens (including phenoxy) is 14. The molecule has 0 bridgehead atoms. The van der Waals surface area contributed by atoms with Crippen LogP contribution in [0.3, 0.4) is 0 Å². The van der Waals surface area contributed by atoms with Crippen molar-refractivity contribution in [3.8, 4) is 0 Å². The zero-order valence-electron chi connectivity index (χ0n) is 57.7. The smallest absolute Gasteiger partial charge is 0.217 e.